The van der Waals surface area contributed by atoms with Crippen LogP contribution in [-0.2, 0) is 0 Å². The fourth-order valence-electron chi connectivity index (χ4n) is 1.91. The SMILES string of the molecule is C/C=C\c1c(C)c(C)cn1-c1ccccc1.CC. The zero-order valence-corrected chi connectivity index (χ0v) is 12.1. The Labute approximate surface area is 111 Å². The topological polar surface area (TPSA) is 4.93 Å². The van der Waals surface area contributed by atoms with E-state index in [1.54, 1.807) is 0 Å². The molecule has 1 nitrogen and oxygen atoms in total. The van der Waals surface area contributed by atoms with E-state index < -0.39 is 0 Å². The van der Waals surface area contributed by atoms with Crippen LogP contribution in [-0.4, -0.2) is 4.57 Å². The van der Waals surface area contributed by atoms with Crippen molar-refractivity contribution in [3.63, 3.8) is 0 Å². The fourth-order valence-corrected chi connectivity index (χ4v) is 1.91. The molecule has 0 radical (unpaired) electrons. The summed E-state index contributed by atoms with van der Waals surface area (Å²) >= 11 is 0. The summed E-state index contributed by atoms with van der Waals surface area (Å²) < 4.78 is 2.24. The molecule has 0 saturated carbocycles. The van der Waals surface area contributed by atoms with E-state index >= 15 is 0 Å². The molecule has 2 aromatic rings. The van der Waals surface area contributed by atoms with Gasteiger partial charge in [-0.25, -0.2) is 0 Å². The molecule has 1 heteroatoms. The zero-order chi connectivity index (χ0) is 13.5. The van der Waals surface area contributed by atoms with Gasteiger partial charge in [0.2, 0.25) is 0 Å². The predicted octanol–water partition coefficient (Wildman–Crippen LogP) is 5.15. The largest absolute Gasteiger partial charge is 0.317 e. The molecule has 0 aliphatic heterocycles. The van der Waals surface area contributed by atoms with Crippen LogP contribution in [0.15, 0.2) is 42.6 Å². The first-order valence-corrected chi connectivity index (χ1v) is 6.60. The van der Waals surface area contributed by atoms with Crippen LogP contribution in [0.2, 0.25) is 0 Å². The van der Waals surface area contributed by atoms with E-state index in [2.05, 4.69) is 68.0 Å². The van der Waals surface area contributed by atoms with E-state index in [0.717, 1.165) is 0 Å². The minimum Gasteiger partial charge on any atom is -0.317 e. The Hall–Kier alpha value is -1.76. The standard InChI is InChI=1S/C15H17N.C2H6/c1-4-8-15-13(3)12(2)11-16(15)14-9-6-5-7-10-14;1-2/h4-11H,1-3H3;1-2H3/b8-4-;. The van der Waals surface area contributed by atoms with Crippen molar-refractivity contribution in [1.29, 1.82) is 0 Å². The van der Waals surface area contributed by atoms with Crippen LogP contribution >= 0.6 is 0 Å². The predicted molar refractivity (Wildman–Crippen MR) is 81.3 cm³/mol. The summed E-state index contributed by atoms with van der Waals surface area (Å²) in [4.78, 5) is 0. The monoisotopic (exact) mass is 241 g/mol. The fraction of sp³-hybridized carbons (Fsp3) is 0.294. The van der Waals surface area contributed by atoms with Crippen molar-refractivity contribution in [2.75, 3.05) is 0 Å². The number of aryl methyl sites for hydroxylation is 1. The third-order valence-electron chi connectivity index (χ3n) is 2.92. The number of rotatable bonds is 2. The van der Waals surface area contributed by atoms with Gasteiger partial charge in [0.15, 0.2) is 0 Å². The molecule has 1 heterocycles. The first-order chi connectivity index (χ1) is 8.74. The second-order valence-corrected chi connectivity index (χ2v) is 4.03. The van der Waals surface area contributed by atoms with Crippen LogP contribution in [0.1, 0.15) is 37.6 Å². The van der Waals surface area contributed by atoms with Gasteiger partial charge in [-0.15, -0.1) is 0 Å². The van der Waals surface area contributed by atoms with Gasteiger partial charge < -0.3 is 4.57 Å². The number of benzene rings is 1. The molecule has 0 spiro atoms. The molecule has 2 rings (SSSR count). The zero-order valence-electron chi connectivity index (χ0n) is 12.1. The lowest BCUT2D eigenvalue weighted by Gasteiger charge is -2.06. The van der Waals surface area contributed by atoms with E-state index in [9.17, 15) is 0 Å². The van der Waals surface area contributed by atoms with Crippen molar-refractivity contribution in [2.45, 2.75) is 34.6 Å². The van der Waals surface area contributed by atoms with Crippen LogP contribution in [0.25, 0.3) is 11.8 Å². The van der Waals surface area contributed by atoms with Gasteiger partial charge in [0.25, 0.3) is 0 Å². The Bertz CT molecular complexity index is 504. The van der Waals surface area contributed by atoms with E-state index in [1.807, 2.05) is 19.9 Å². The van der Waals surface area contributed by atoms with E-state index in [1.165, 1.54) is 22.5 Å². The van der Waals surface area contributed by atoms with Gasteiger partial charge in [0.05, 0.1) is 0 Å². The Morgan fingerprint density at radius 1 is 1.00 bits per heavy atom. The summed E-state index contributed by atoms with van der Waals surface area (Å²) in [6.45, 7) is 10.4. The second-order valence-electron chi connectivity index (χ2n) is 4.03. The smallest absolute Gasteiger partial charge is 0.0484 e. The van der Waals surface area contributed by atoms with Crippen LogP contribution in [0.4, 0.5) is 0 Å². The molecular formula is C17H23N. The maximum atomic E-state index is 2.24. The Morgan fingerprint density at radius 3 is 2.17 bits per heavy atom. The lowest BCUT2D eigenvalue weighted by molar-refractivity contribution is 1.05. The summed E-state index contributed by atoms with van der Waals surface area (Å²) in [5.41, 5.74) is 5.16. The summed E-state index contributed by atoms with van der Waals surface area (Å²) in [5, 5.41) is 0. The summed E-state index contributed by atoms with van der Waals surface area (Å²) in [5.74, 6) is 0. The van der Waals surface area contributed by atoms with Gasteiger partial charge in [-0.2, -0.15) is 0 Å². The summed E-state index contributed by atoms with van der Waals surface area (Å²) in [6, 6.07) is 10.4. The first kappa shape index (κ1) is 14.3. The molecule has 96 valence electrons. The van der Waals surface area contributed by atoms with Crippen molar-refractivity contribution in [1.82, 2.24) is 4.57 Å². The van der Waals surface area contributed by atoms with E-state index in [0.29, 0.717) is 0 Å². The van der Waals surface area contributed by atoms with Gasteiger partial charge in [-0.05, 0) is 50.1 Å². The van der Waals surface area contributed by atoms with Gasteiger partial charge in [0.1, 0.15) is 0 Å². The maximum Gasteiger partial charge on any atom is 0.0484 e. The average Bonchev–Trinajstić information content (AvgIpc) is 2.71. The number of allylic oxidation sites excluding steroid dienone is 1. The first-order valence-electron chi connectivity index (χ1n) is 6.60. The quantitative estimate of drug-likeness (QED) is 0.685. The van der Waals surface area contributed by atoms with Crippen LogP contribution < -0.4 is 0 Å². The molecule has 0 atom stereocenters. The van der Waals surface area contributed by atoms with Crippen molar-refractivity contribution >= 4 is 6.08 Å². The number of para-hydroxylation sites is 1. The minimum absolute atomic E-state index is 1.21. The highest BCUT2D eigenvalue weighted by atomic mass is 15.0. The van der Waals surface area contributed by atoms with Gasteiger partial charge in [-0.1, -0.05) is 38.1 Å². The molecule has 0 N–H and O–H groups in total. The summed E-state index contributed by atoms with van der Waals surface area (Å²) in [7, 11) is 0. The molecule has 1 aromatic carbocycles. The molecule has 0 unspecified atom stereocenters. The highest BCUT2D eigenvalue weighted by molar-refractivity contribution is 5.56. The number of hydrogen-bond acceptors (Lipinski definition) is 0. The number of nitrogens with zero attached hydrogens (tertiary/aromatic N) is 1. The third-order valence-corrected chi connectivity index (χ3v) is 2.92. The molecule has 0 fully saturated rings. The van der Waals surface area contributed by atoms with Gasteiger partial charge in [0, 0.05) is 17.6 Å². The Kier molecular flexibility index (Phi) is 5.44. The maximum absolute atomic E-state index is 2.24. The highest BCUT2D eigenvalue weighted by Crippen LogP contribution is 2.21. The molecule has 1 aromatic heterocycles. The average molecular weight is 241 g/mol. The molecule has 0 aliphatic rings. The minimum atomic E-state index is 1.21. The number of aromatic nitrogens is 1. The second kappa shape index (κ2) is 6.85. The highest BCUT2D eigenvalue weighted by Gasteiger charge is 2.07. The van der Waals surface area contributed by atoms with Gasteiger partial charge >= 0.3 is 0 Å². The molecule has 0 aliphatic carbocycles. The van der Waals surface area contributed by atoms with Crippen LogP contribution in [0.3, 0.4) is 0 Å². The van der Waals surface area contributed by atoms with Crippen LogP contribution in [0.5, 0.6) is 0 Å². The van der Waals surface area contributed by atoms with E-state index in [-0.39, 0.29) is 0 Å². The molecule has 0 bridgehead atoms. The summed E-state index contributed by atoms with van der Waals surface area (Å²) in [6.07, 6.45) is 6.44. The molecule has 0 amide bonds. The Morgan fingerprint density at radius 2 is 1.61 bits per heavy atom. The third kappa shape index (κ3) is 2.92. The number of hydrogen-bond donors (Lipinski definition) is 0. The van der Waals surface area contributed by atoms with Gasteiger partial charge in [-0.3, -0.25) is 0 Å². The lowest BCUT2D eigenvalue weighted by atomic mass is 10.2. The molecule has 0 saturated heterocycles. The molecular weight excluding hydrogens is 218 g/mol. The molecule has 18 heavy (non-hydrogen) atoms. The van der Waals surface area contributed by atoms with Crippen molar-refractivity contribution in [2.24, 2.45) is 0 Å². The lowest BCUT2D eigenvalue weighted by Crippen LogP contribution is -1.94. The van der Waals surface area contributed by atoms with Crippen molar-refractivity contribution in [3.8, 4) is 5.69 Å². The van der Waals surface area contributed by atoms with Crippen molar-refractivity contribution < 1.29 is 0 Å². The Balaban J connectivity index is 0.000000771. The van der Waals surface area contributed by atoms with Crippen molar-refractivity contribution in [3.05, 3.63) is 59.4 Å². The van der Waals surface area contributed by atoms with E-state index in [4.69, 9.17) is 0 Å². The van der Waals surface area contributed by atoms with Crippen LogP contribution in [0, 0.1) is 13.8 Å². The normalized spacial score (nSPS) is 10.3.